The molecule has 172 valence electrons. The minimum atomic E-state index is -0.0806. The first-order valence-electron chi connectivity index (χ1n) is 11.0. The van der Waals surface area contributed by atoms with Crippen molar-refractivity contribution in [3.05, 3.63) is 53.6 Å². The number of carbonyl (C=O) groups excluding carboxylic acids is 2. The summed E-state index contributed by atoms with van der Waals surface area (Å²) in [5, 5.41) is 0. The summed E-state index contributed by atoms with van der Waals surface area (Å²) in [5.41, 5.74) is 1.71. The smallest absolute Gasteiger partial charge is 0.254 e. The summed E-state index contributed by atoms with van der Waals surface area (Å²) in [7, 11) is 3.12. The van der Waals surface area contributed by atoms with Crippen molar-refractivity contribution in [3.63, 3.8) is 0 Å². The second-order valence-electron chi connectivity index (χ2n) is 7.89. The summed E-state index contributed by atoms with van der Waals surface area (Å²) < 4.78 is 16.3. The summed E-state index contributed by atoms with van der Waals surface area (Å²) in [4.78, 5) is 29.3. The molecule has 0 aromatic heterocycles. The molecule has 1 heterocycles. The highest BCUT2D eigenvalue weighted by molar-refractivity contribution is 5.95. The fraction of sp³-hybridized carbons (Fsp3) is 0.440. The Morgan fingerprint density at radius 1 is 0.844 bits per heavy atom. The van der Waals surface area contributed by atoms with E-state index in [9.17, 15) is 9.59 Å². The van der Waals surface area contributed by atoms with Crippen LogP contribution in [-0.2, 0) is 4.79 Å². The Morgan fingerprint density at radius 2 is 1.47 bits per heavy atom. The zero-order chi connectivity index (χ0) is 22.9. The van der Waals surface area contributed by atoms with E-state index in [2.05, 4.69) is 0 Å². The SMILES string of the molecule is COc1cc(OC)cc(C(=O)N2CCCN(C(=O)CCCOc3ccc(C)cc3)CC2)c1. The molecule has 0 spiro atoms. The zero-order valence-electron chi connectivity index (χ0n) is 19.1. The summed E-state index contributed by atoms with van der Waals surface area (Å²) >= 11 is 0. The van der Waals surface area contributed by atoms with Crippen molar-refractivity contribution < 1.29 is 23.8 Å². The van der Waals surface area contributed by atoms with Crippen molar-refractivity contribution in [2.75, 3.05) is 47.0 Å². The number of hydrogen-bond acceptors (Lipinski definition) is 5. The normalized spacial score (nSPS) is 14.0. The Kier molecular flexibility index (Phi) is 8.36. The van der Waals surface area contributed by atoms with Crippen LogP contribution in [-0.4, -0.2) is 68.6 Å². The van der Waals surface area contributed by atoms with Gasteiger partial charge in [0.1, 0.15) is 17.2 Å². The topological polar surface area (TPSA) is 68.3 Å². The van der Waals surface area contributed by atoms with E-state index >= 15 is 0 Å². The molecule has 7 heteroatoms. The van der Waals surface area contributed by atoms with Crippen molar-refractivity contribution >= 4 is 11.8 Å². The van der Waals surface area contributed by atoms with Crippen LogP contribution in [0.5, 0.6) is 17.2 Å². The van der Waals surface area contributed by atoms with Gasteiger partial charge in [-0.15, -0.1) is 0 Å². The molecule has 0 radical (unpaired) electrons. The van der Waals surface area contributed by atoms with Gasteiger partial charge in [0.2, 0.25) is 5.91 Å². The Hall–Kier alpha value is -3.22. The lowest BCUT2D eigenvalue weighted by atomic mass is 10.1. The number of aryl methyl sites for hydroxylation is 1. The molecule has 0 saturated carbocycles. The summed E-state index contributed by atoms with van der Waals surface area (Å²) in [6.07, 6.45) is 1.85. The summed E-state index contributed by atoms with van der Waals surface area (Å²) in [5.74, 6) is 2.00. The molecular weight excluding hydrogens is 408 g/mol. The van der Waals surface area contributed by atoms with Crippen molar-refractivity contribution in [2.24, 2.45) is 0 Å². The monoisotopic (exact) mass is 440 g/mol. The molecule has 0 N–H and O–H groups in total. The van der Waals surface area contributed by atoms with Gasteiger partial charge in [0, 0.05) is 44.2 Å². The number of amides is 2. The van der Waals surface area contributed by atoms with Gasteiger partial charge in [0.15, 0.2) is 0 Å². The number of nitrogens with zero attached hydrogens (tertiary/aromatic N) is 2. The molecule has 7 nitrogen and oxygen atoms in total. The van der Waals surface area contributed by atoms with E-state index in [0.29, 0.717) is 62.7 Å². The number of methoxy groups -OCH3 is 2. The van der Waals surface area contributed by atoms with Crippen LogP contribution in [0.4, 0.5) is 0 Å². The molecule has 3 rings (SSSR count). The second-order valence-corrected chi connectivity index (χ2v) is 7.89. The van der Waals surface area contributed by atoms with E-state index in [0.717, 1.165) is 12.2 Å². The Bertz CT molecular complexity index is 891. The molecule has 0 bridgehead atoms. The average Bonchev–Trinajstić information content (AvgIpc) is 3.08. The van der Waals surface area contributed by atoms with Crippen LogP contribution >= 0.6 is 0 Å². The third-order valence-electron chi connectivity index (χ3n) is 5.56. The highest BCUT2D eigenvalue weighted by Crippen LogP contribution is 2.24. The fourth-order valence-electron chi connectivity index (χ4n) is 3.69. The number of carbonyl (C=O) groups is 2. The van der Waals surface area contributed by atoms with Crippen LogP contribution < -0.4 is 14.2 Å². The van der Waals surface area contributed by atoms with Gasteiger partial charge in [-0.3, -0.25) is 9.59 Å². The minimum Gasteiger partial charge on any atom is -0.497 e. The van der Waals surface area contributed by atoms with Gasteiger partial charge in [-0.1, -0.05) is 17.7 Å². The maximum absolute atomic E-state index is 13.0. The quantitative estimate of drug-likeness (QED) is 0.588. The van der Waals surface area contributed by atoms with E-state index in [4.69, 9.17) is 14.2 Å². The van der Waals surface area contributed by atoms with E-state index < -0.39 is 0 Å². The Morgan fingerprint density at radius 3 is 2.12 bits per heavy atom. The molecule has 1 aliphatic heterocycles. The van der Waals surface area contributed by atoms with Crippen LogP contribution in [0.25, 0.3) is 0 Å². The third-order valence-corrected chi connectivity index (χ3v) is 5.56. The molecule has 0 unspecified atom stereocenters. The Labute approximate surface area is 189 Å². The van der Waals surface area contributed by atoms with Crippen LogP contribution in [0.2, 0.25) is 0 Å². The molecular formula is C25H32N2O5. The van der Waals surface area contributed by atoms with Crippen molar-refractivity contribution in [2.45, 2.75) is 26.2 Å². The first-order chi connectivity index (χ1) is 15.5. The molecule has 1 aliphatic rings. The number of hydrogen-bond donors (Lipinski definition) is 0. The lowest BCUT2D eigenvalue weighted by molar-refractivity contribution is -0.131. The maximum atomic E-state index is 13.0. The average molecular weight is 441 g/mol. The molecule has 2 aromatic rings. The second kappa shape index (κ2) is 11.4. The molecule has 32 heavy (non-hydrogen) atoms. The van der Waals surface area contributed by atoms with Gasteiger partial charge in [0.25, 0.3) is 5.91 Å². The van der Waals surface area contributed by atoms with Gasteiger partial charge < -0.3 is 24.0 Å². The molecule has 0 aliphatic carbocycles. The van der Waals surface area contributed by atoms with Crippen LogP contribution in [0.15, 0.2) is 42.5 Å². The molecule has 2 amide bonds. The van der Waals surface area contributed by atoms with E-state index in [1.54, 1.807) is 37.3 Å². The number of rotatable bonds is 8. The van der Waals surface area contributed by atoms with Crippen LogP contribution in [0.1, 0.15) is 35.2 Å². The maximum Gasteiger partial charge on any atom is 0.254 e. The van der Waals surface area contributed by atoms with Crippen molar-refractivity contribution in [1.82, 2.24) is 9.80 Å². The van der Waals surface area contributed by atoms with Gasteiger partial charge in [-0.25, -0.2) is 0 Å². The molecule has 2 aromatic carbocycles. The van der Waals surface area contributed by atoms with Crippen LogP contribution in [0.3, 0.4) is 0 Å². The van der Waals surface area contributed by atoms with Gasteiger partial charge in [0.05, 0.1) is 20.8 Å². The van der Waals surface area contributed by atoms with E-state index in [1.807, 2.05) is 36.1 Å². The first kappa shape index (κ1) is 23.4. The first-order valence-corrected chi connectivity index (χ1v) is 11.0. The highest BCUT2D eigenvalue weighted by atomic mass is 16.5. The van der Waals surface area contributed by atoms with Crippen LogP contribution in [0, 0.1) is 6.92 Å². The highest BCUT2D eigenvalue weighted by Gasteiger charge is 2.23. The van der Waals surface area contributed by atoms with E-state index in [1.165, 1.54) is 5.56 Å². The standard InChI is InChI=1S/C25H32N2O5/c1-19-7-9-21(10-8-19)32-15-4-6-24(28)26-11-5-12-27(14-13-26)25(29)20-16-22(30-2)18-23(17-20)31-3/h7-10,16-18H,4-6,11-15H2,1-3H3. The van der Waals surface area contributed by atoms with E-state index in [-0.39, 0.29) is 11.8 Å². The van der Waals surface area contributed by atoms with Gasteiger partial charge in [-0.2, -0.15) is 0 Å². The predicted octanol–water partition coefficient (Wildman–Crippen LogP) is 3.55. The Balaban J connectivity index is 1.48. The fourth-order valence-corrected chi connectivity index (χ4v) is 3.69. The molecule has 0 atom stereocenters. The molecule has 1 fully saturated rings. The number of benzene rings is 2. The van der Waals surface area contributed by atoms with Crippen molar-refractivity contribution in [3.8, 4) is 17.2 Å². The molecule has 1 saturated heterocycles. The number of ether oxygens (including phenoxy) is 3. The predicted molar refractivity (Wildman–Crippen MR) is 123 cm³/mol. The van der Waals surface area contributed by atoms with Gasteiger partial charge >= 0.3 is 0 Å². The van der Waals surface area contributed by atoms with Crippen molar-refractivity contribution in [1.29, 1.82) is 0 Å². The largest absolute Gasteiger partial charge is 0.497 e. The lowest BCUT2D eigenvalue weighted by Crippen LogP contribution is -2.37. The minimum absolute atomic E-state index is 0.0806. The zero-order valence-corrected chi connectivity index (χ0v) is 19.1. The summed E-state index contributed by atoms with van der Waals surface area (Å²) in [6.45, 7) is 4.84. The lowest BCUT2D eigenvalue weighted by Gasteiger charge is -2.22. The van der Waals surface area contributed by atoms with Gasteiger partial charge in [-0.05, 0) is 44.0 Å². The summed E-state index contributed by atoms with van der Waals surface area (Å²) in [6, 6.07) is 13.1. The third kappa shape index (κ3) is 6.39.